The molecular weight excluding hydrogens is 470 g/mol. The first-order valence-corrected chi connectivity index (χ1v) is 13.6. The lowest BCUT2D eigenvalue weighted by molar-refractivity contribution is -0.120. The molecule has 1 heterocycles. The highest BCUT2D eigenvalue weighted by Gasteiger charge is 2.26. The number of anilines is 1. The summed E-state index contributed by atoms with van der Waals surface area (Å²) in [5.41, 5.74) is 1.26. The minimum Gasteiger partial charge on any atom is -0.497 e. The van der Waals surface area contributed by atoms with E-state index in [0.29, 0.717) is 29.8 Å². The van der Waals surface area contributed by atoms with Crippen LogP contribution in [0.1, 0.15) is 57.8 Å². The van der Waals surface area contributed by atoms with Crippen molar-refractivity contribution >= 4 is 29.3 Å². The number of amides is 2. The summed E-state index contributed by atoms with van der Waals surface area (Å²) in [6.07, 6.45) is 2.16. The van der Waals surface area contributed by atoms with Crippen LogP contribution in [0, 0.1) is 5.92 Å². The molecule has 1 fully saturated rings. The van der Waals surface area contributed by atoms with Gasteiger partial charge in [0, 0.05) is 27.8 Å². The average Bonchev–Trinajstić information content (AvgIpc) is 2.85. The van der Waals surface area contributed by atoms with Crippen LogP contribution in [0.2, 0.25) is 0 Å². The standard InChI is InChI=1S/C29H41N3O3S/c1-21(2)31-17-15-22(16-18-31)19-30-27(33)20-32(28(34)23-11-13-24(35-6)14-12-23)25-9-7-8-10-26(25)36-29(3,4)5/h7-14,21-22H,15-20H2,1-6H3,(H,30,33). The van der Waals surface area contributed by atoms with E-state index in [-0.39, 0.29) is 23.1 Å². The second kappa shape index (κ2) is 12.6. The molecule has 1 saturated heterocycles. The van der Waals surface area contributed by atoms with Gasteiger partial charge in [-0.3, -0.25) is 14.5 Å². The average molecular weight is 512 g/mol. The number of likely N-dealkylation sites (tertiary alicyclic amines) is 1. The van der Waals surface area contributed by atoms with Gasteiger partial charge in [0.25, 0.3) is 5.91 Å². The summed E-state index contributed by atoms with van der Waals surface area (Å²) in [5.74, 6) is 0.806. The number of methoxy groups -OCH3 is 1. The summed E-state index contributed by atoms with van der Waals surface area (Å²) in [4.78, 5) is 31.9. The van der Waals surface area contributed by atoms with Crippen molar-refractivity contribution in [1.82, 2.24) is 10.2 Å². The van der Waals surface area contributed by atoms with E-state index in [4.69, 9.17) is 4.74 Å². The van der Waals surface area contributed by atoms with E-state index >= 15 is 0 Å². The van der Waals surface area contributed by atoms with E-state index in [0.717, 1.165) is 36.5 Å². The maximum absolute atomic E-state index is 13.7. The number of ether oxygens (including phenoxy) is 1. The third-order valence-electron chi connectivity index (χ3n) is 6.42. The van der Waals surface area contributed by atoms with Crippen LogP contribution in [0.15, 0.2) is 53.4 Å². The van der Waals surface area contributed by atoms with Crippen molar-refractivity contribution in [2.45, 2.75) is 63.1 Å². The summed E-state index contributed by atoms with van der Waals surface area (Å²) >= 11 is 1.69. The Kier molecular flexibility index (Phi) is 9.85. The minimum atomic E-state index is -0.208. The number of benzene rings is 2. The van der Waals surface area contributed by atoms with Crippen LogP contribution in [0.5, 0.6) is 5.75 Å². The molecule has 0 saturated carbocycles. The highest BCUT2D eigenvalue weighted by Crippen LogP contribution is 2.38. The van der Waals surface area contributed by atoms with Gasteiger partial charge in [-0.15, -0.1) is 11.8 Å². The topological polar surface area (TPSA) is 61.9 Å². The van der Waals surface area contributed by atoms with Crippen LogP contribution in [0.3, 0.4) is 0 Å². The Labute approximate surface area is 220 Å². The molecule has 7 heteroatoms. The Hall–Kier alpha value is -2.51. The lowest BCUT2D eigenvalue weighted by Gasteiger charge is -2.34. The van der Waals surface area contributed by atoms with Crippen LogP contribution in [0.25, 0.3) is 0 Å². The highest BCUT2D eigenvalue weighted by atomic mass is 32.2. The number of piperidine rings is 1. The molecule has 0 aliphatic carbocycles. The summed E-state index contributed by atoms with van der Waals surface area (Å²) in [6.45, 7) is 13.6. The summed E-state index contributed by atoms with van der Waals surface area (Å²) in [7, 11) is 1.60. The van der Waals surface area contributed by atoms with E-state index in [1.54, 1.807) is 48.0 Å². The number of rotatable bonds is 9. The molecule has 0 unspecified atom stereocenters. The van der Waals surface area contributed by atoms with Gasteiger partial charge in [0.1, 0.15) is 12.3 Å². The summed E-state index contributed by atoms with van der Waals surface area (Å²) in [5, 5.41) is 3.11. The predicted molar refractivity (Wildman–Crippen MR) is 149 cm³/mol. The van der Waals surface area contributed by atoms with Crippen molar-refractivity contribution in [3.63, 3.8) is 0 Å². The fourth-order valence-electron chi connectivity index (χ4n) is 4.38. The van der Waals surface area contributed by atoms with Gasteiger partial charge in [-0.05, 0) is 82.1 Å². The second-order valence-corrected chi connectivity index (χ2v) is 12.5. The van der Waals surface area contributed by atoms with Gasteiger partial charge in [0.15, 0.2) is 0 Å². The molecule has 0 aromatic heterocycles. The molecule has 0 bridgehead atoms. The van der Waals surface area contributed by atoms with Crippen LogP contribution in [-0.2, 0) is 4.79 Å². The first kappa shape index (κ1) is 28.1. The Morgan fingerprint density at radius 3 is 2.31 bits per heavy atom. The van der Waals surface area contributed by atoms with Gasteiger partial charge in [0.2, 0.25) is 5.91 Å². The van der Waals surface area contributed by atoms with Crippen LogP contribution in [-0.4, -0.2) is 60.8 Å². The highest BCUT2D eigenvalue weighted by molar-refractivity contribution is 8.00. The van der Waals surface area contributed by atoms with Crippen LogP contribution in [0.4, 0.5) is 5.69 Å². The van der Waals surface area contributed by atoms with E-state index < -0.39 is 0 Å². The number of nitrogens with zero attached hydrogens (tertiary/aromatic N) is 2. The van der Waals surface area contributed by atoms with E-state index in [9.17, 15) is 9.59 Å². The molecule has 196 valence electrons. The van der Waals surface area contributed by atoms with Crippen molar-refractivity contribution < 1.29 is 14.3 Å². The van der Waals surface area contributed by atoms with E-state index in [2.05, 4.69) is 44.8 Å². The smallest absolute Gasteiger partial charge is 0.258 e. The largest absolute Gasteiger partial charge is 0.497 e. The number of hydrogen-bond acceptors (Lipinski definition) is 5. The molecule has 0 atom stereocenters. The van der Waals surface area contributed by atoms with Gasteiger partial charge in [0.05, 0.1) is 12.8 Å². The molecule has 36 heavy (non-hydrogen) atoms. The monoisotopic (exact) mass is 511 g/mol. The Morgan fingerprint density at radius 2 is 1.72 bits per heavy atom. The molecule has 0 spiro atoms. The van der Waals surface area contributed by atoms with Gasteiger partial charge in [-0.2, -0.15) is 0 Å². The third kappa shape index (κ3) is 8.00. The molecule has 1 aliphatic heterocycles. The van der Waals surface area contributed by atoms with Crippen molar-refractivity contribution in [1.29, 1.82) is 0 Å². The molecule has 6 nitrogen and oxygen atoms in total. The number of para-hydroxylation sites is 1. The normalized spacial score (nSPS) is 15.1. The first-order valence-electron chi connectivity index (χ1n) is 12.8. The summed E-state index contributed by atoms with van der Waals surface area (Å²) in [6, 6.07) is 15.4. The Balaban J connectivity index is 1.77. The zero-order chi connectivity index (χ0) is 26.3. The van der Waals surface area contributed by atoms with Crippen molar-refractivity contribution in [3.8, 4) is 5.75 Å². The van der Waals surface area contributed by atoms with Gasteiger partial charge in [-0.25, -0.2) is 0 Å². The van der Waals surface area contributed by atoms with E-state index in [1.807, 2.05) is 24.3 Å². The number of nitrogens with one attached hydrogen (secondary N) is 1. The lowest BCUT2D eigenvalue weighted by atomic mass is 9.96. The lowest BCUT2D eigenvalue weighted by Crippen LogP contribution is -2.44. The number of carbonyl (C=O) groups excluding carboxylic acids is 2. The van der Waals surface area contributed by atoms with Crippen molar-refractivity contribution in [3.05, 3.63) is 54.1 Å². The minimum absolute atomic E-state index is 0.0303. The maximum atomic E-state index is 13.7. The quantitative estimate of drug-likeness (QED) is 0.453. The second-order valence-electron chi connectivity index (χ2n) is 10.7. The summed E-state index contributed by atoms with van der Waals surface area (Å²) < 4.78 is 5.20. The van der Waals surface area contributed by atoms with Gasteiger partial charge >= 0.3 is 0 Å². The van der Waals surface area contributed by atoms with Gasteiger partial charge < -0.3 is 15.0 Å². The van der Waals surface area contributed by atoms with Crippen LogP contribution < -0.4 is 15.0 Å². The van der Waals surface area contributed by atoms with Gasteiger partial charge in [-0.1, -0.05) is 32.9 Å². The van der Waals surface area contributed by atoms with Crippen molar-refractivity contribution in [2.75, 3.05) is 38.2 Å². The third-order valence-corrected chi connectivity index (χ3v) is 7.60. The zero-order valence-corrected chi connectivity index (χ0v) is 23.4. The molecule has 2 aromatic carbocycles. The number of thioether (sulfide) groups is 1. The molecular formula is C29H41N3O3S. The number of carbonyl (C=O) groups is 2. The zero-order valence-electron chi connectivity index (χ0n) is 22.5. The van der Waals surface area contributed by atoms with E-state index in [1.165, 1.54) is 0 Å². The van der Waals surface area contributed by atoms with Crippen molar-refractivity contribution in [2.24, 2.45) is 5.92 Å². The first-order chi connectivity index (χ1) is 17.1. The molecule has 1 N–H and O–H groups in total. The molecule has 0 radical (unpaired) electrons. The predicted octanol–water partition coefficient (Wildman–Crippen LogP) is 5.47. The SMILES string of the molecule is COc1ccc(C(=O)N(CC(=O)NCC2CCN(C(C)C)CC2)c2ccccc2SC(C)(C)C)cc1. The number of hydrogen-bond donors (Lipinski definition) is 1. The molecule has 1 aliphatic rings. The maximum Gasteiger partial charge on any atom is 0.258 e. The Morgan fingerprint density at radius 1 is 1.08 bits per heavy atom. The Bertz CT molecular complexity index is 1010. The molecule has 2 aromatic rings. The molecule has 2 amide bonds. The fourth-order valence-corrected chi connectivity index (χ4v) is 5.47. The fraction of sp³-hybridized carbons (Fsp3) is 0.517. The molecule has 3 rings (SSSR count). The van der Waals surface area contributed by atoms with Crippen LogP contribution >= 0.6 is 11.8 Å².